The van der Waals surface area contributed by atoms with Crippen LogP contribution in [0.25, 0.3) is 16.7 Å². The topological polar surface area (TPSA) is 132 Å². The molecule has 2 aliphatic rings. The molecule has 232 valence electrons. The third-order valence-corrected chi connectivity index (χ3v) is 8.90. The Morgan fingerprint density at radius 2 is 1.87 bits per heavy atom. The van der Waals surface area contributed by atoms with E-state index in [9.17, 15) is 14.9 Å². The Balaban J connectivity index is 1.29. The number of benzene rings is 2. The quantitative estimate of drug-likeness (QED) is 0.222. The summed E-state index contributed by atoms with van der Waals surface area (Å²) in [6.07, 6.45) is 4.81. The molecule has 4 heterocycles. The predicted octanol–water partition coefficient (Wildman–Crippen LogP) is 4.11. The van der Waals surface area contributed by atoms with Crippen molar-refractivity contribution in [2.75, 3.05) is 32.5 Å². The van der Waals surface area contributed by atoms with Crippen LogP contribution in [0, 0.1) is 11.3 Å². The van der Waals surface area contributed by atoms with Crippen molar-refractivity contribution in [3.05, 3.63) is 89.0 Å². The van der Waals surface area contributed by atoms with Gasteiger partial charge >= 0.3 is 5.69 Å². The largest absolute Gasteiger partial charge is 0.457 e. The van der Waals surface area contributed by atoms with Crippen molar-refractivity contribution in [2.45, 2.75) is 50.9 Å². The third-order valence-electron chi connectivity index (χ3n) is 8.90. The van der Waals surface area contributed by atoms with Gasteiger partial charge in [-0.1, -0.05) is 18.2 Å². The number of para-hydroxylation sites is 1. The second-order valence-electron chi connectivity index (χ2n) is 12.1. The average molecular weight is 608 g/mol. The summed E-state index contributed by atoms with van der Waals surface area (Å²) in [6, 6.07) is 20.5. The van der Waals surface area contributed by atoms with Gasteiger partial charge in [0.15, 0.2) is 0 Å². The van der Waals surface area contributed by atoms with E-state index in [1.54, 1.807) is 56.6 Å². The first kappa shape index (κ1) is 30.1. The van der Waals surface area contributed by atoms with E-state index in [2.05, 4.69) is 16.0 Å². The number of imidazole rings is 1. The number of nitrogen functional groups attached to an aromatic ring is 1. The summed E-state index contributed by atoms with van der Waals surface area (Å²) in [7, 11) is 1.98. The molecule has 1 unspecified atom stereocenters. The van der Waals surface area contributed by atoms with Crippen LogP contribution in [0.4, 0.5) is 5.82 Å². The first-order chi connectivity index (χ1) is 21.7. The van der Waals surface area contributed by atoms with Crippen molar-refractivity contribution in [3.63, 3.8) is 0 Å². The number of hydrogen-bond acceptors (Lipinski definition) is 8. The molecule has 1 atom stereocenters. The molecule has 0 bridgehead atoms. The molecule has 11 nitrogen and oxygen atoms in total. The highest BCUT2D eigenvalue weighted by molar-refractivity contribution is 5.98. The molecule has 2 saturated heterocycles. The molecule has 45 heavy (non-hydrogen) atoms. The summed E-state index contributed by atoms with van der Waals surface area (Å²) in [5.41, 5.74) is 7.35. The molecular weight excluding hydrogens is 570 g/mol. The van der Waals surface area contributed by atoms with Crippen LogP contribution >= 0.6 is 0 Å². The molecule has 0 radical (unpaired) electrons. The zero-order valence-electron chi connectivity index (χ0n) is 25.7. The number of pyridine rings is 1. The van der Waals surface area contributed by atoms with Crippen molar-refractivity contribution < 1.29 is 14.3 Å². The number of aromatic nitrogens is 3. The maximum atomic E-state index is 14.1. The molecule has 2 aliphatic heterocycles. The van der Waals surface area contributed by atoms with Gasteiger partial charge in [0.1, 0.15) is 34.5 Å². The van der Waals surface area contributed by atoms with E-state index in [4.69, 9.17) is 15.2 Å². The van der Waals surface area contributed by atoms with E-state index in [0.717, 1.165) is 6.42 Å². The van der Waals surface area contributed by atoms with Crippen LogP contribution in [-0.2, 0) is 16.1 Å². The van der Waals surface area contributed by atoms with Crippen molar-refractivity contribution in [2.24, 2.45) is 0 Å². The first-order valence-electron chi connectivity index (χ1n) is 15.1. The number of anilines is 1. The number of hydrogen-bond donors (Lipinski definition) is 1. The monoisotopic (exact) mass is 607 g/mol. The van der Waals surface area contributed by atoms with E-state index >= 15 is 0 Å². The summed E-state index contributed by atoms with van der Waals surface area (Å²) in [5, 5.41) is 10.0. The minimum absolute atomic E-state index is 0.0972. The van der Waals surface area contributed by atoms with Gasteiger partial charge in [0, 0.05) is 24.8 Å². The van der Waals surface area contributed by atoms with E-state index in [1.165, 1.54) is 0 Å². The van der Waals surface area contributed by atoms with E-state index in [0.29, 0.717) is 54.4 Å². The normalized spacial score (nSPS) is 17.4. The molecule has 2 aromatic carbocycles. The summed E-state index contributed by atoms with van der Waals surface area (Å²) in [5.74, 6) is 1.24. The van der Waals surface area contributed by atoms with E-state index < -0.39 is 5.54 Å². The lowest BCUT2D eigenvalue weighted by Crippen LogP contribution is -2.55. The zero-order valence-corrected chi connectivity index (χ0v) is 25.7. The Labute approximate surface area is 261 Å². The number of ether oxygens (including phenoxy) is 2. The van der Waals surface area contributed by atoms with Gasteiger partial charge in [-0.25, -0.2) is 9.78 Å². The number of nitrogens with two attached hydrogens (primary N) is 1. The molecule has 0 spiro atoms. The molecule has 0 aliphatic carbocycles. The molecule has 2 aromatic heterocycles. The minimum atomic E-state index is -0.527. The van der Waals surface area contributed by atoms with Crippen LogP contribution in [0.3, 0.4) is 0 Å². The number of rotatable bonds is 9. The average Bonchev–Trinajstić information content (AvgIpc) is 3.59. The van der Waals surface area contributed by atoms with Crippen LogP contribution < -0.4 is 16.2 Å². The molecule has 6 rings (SSSR count). The van der Waals surface area contributed by atoms with Gasteiger partial charge in [-0.2, -0.15) is 5.26 Å². The number of fused-ring (bicyclic) bond motifs is 1. The van der Waals surface area contributed by atoms with E-state index in [-0.39, 0.29) is 41.6 Å². The fourth-order valence-electron chi connectivity index (χ4n) is 6.10. The number of nitrogens with zero attached hydrogens (tertiary/aromatic N) is 6. The highest BCUT2D eigenvalue weighted by atomic mass is 16.5. The second-order valence-corrected chi connectivity index (χ2v) is 12.1. The highest BCUT2D eigenvalue weighted by Crippen LogP contribution is 2.29. The van der Waals surface area contributed by atoms with Crippen LogP contribution in [0.1, 0.15) is 26.7 Å². The number of likely N-dealkylation sites (N-methyl/N-ethyl adjacent to an activating group) is 1. The molecule has 0 saturated carbocycles. The van der Waals surface area contributed by atoms with E-state index in [1.807, 2.05) is 51.2 Å². The van der Waals surface area contributed by atoms with Gasteiger partial charge in [0.2, 0.25) is 0 Å². The highest BCUT2D eigenvalue weighted by Gasteiger charge is 2.36. The lowest BCUT2D eigenvalue weighted by Gasteiger charge is -2.43. The molecule has 2 N–H and O–H groups in total. The van der Waals surface area contributed by atoms with Gasteiger partial charge in [-0.3, -0.25) is 18.8 Å². The van der Waals surface area contributed by atoms with Crippen molar-refractivity contribution in [1.82, 2.24) is 23.9 Å². The lowest BCUT2D eigenvalue weighted by atomic mass is 9.96. The number of carbonyl (C=O) groups is 1. The molecular formula is C34H37N7O4. The predicted molar refractivity (Wildman–Crippen MR) is 171 cm³/mol. The minimum Gasteiger partial charge on any atom is -0.457 e. The Bertz CT molecular complexity index is 1830. The smallest absolute Gasteiger partial charge is 0.333 e. The van der Waals surface area contributed by atoms with Crippen LogP contribution in [-0.4, -0.2) is 74.3 Å². The van der Waals surface area contributed by atoms with Crippen molar-refractivity contribution >= 4 is 22.8 Å². The van der Waals surface area contributed by atoms with Gasteiger partial charge < -0.3 is 20.1 Å². The number of nitriles is 1. The fourth-order valence-corrected chi connectivity index (χ4v) is 6.10. The van der Waals surface area contributed by atoms with Crippen LogP contribution in [0.15, 0.2) is 83.3 Å². The van der Waals surface area contributed by atoms with Crippen molar-refractivity contribution in [1.29, 1.82) is 5.26 Å². The van der Waals surface area contributed by atoms with Crippen LogP contribution in [0.2, 0.25) is 0 Å². The summed E-state index contributed by atoms with van der Waals surface area (Å²) in [4.78, 5) is 36.0. The van der Waals surface area contributed by atoms with Crippen LogP contribution in [0.5, 0.6) is 11.5 Å². The SMILES string of the molecule is CN(C1COC1)C(C)(C)C=C(C#N)C(=O)N1CCCC1Cn1c(=O)n(-c2ccc(Oc3ccccc3)cc2)c2c(N)nccc21. The Kier molecular flexibility index (Phi) is 8.18. The summed E-state index contributed by atoms with van der Waals surface area (Å²) in [6.45, 7) is 6.01. The summed E-state index contributed by atoms with van der Waals surface area (Å²) < 4.78 is 14.5. The Morgan fingerprint density at radius 3 is 2.53 bits per heavy atom. The maximum absolute atomic E-state index is 14.1. The molecule has 2 fully saturated rings. The Hall–Kier alpha value is -4.92. The molecule has 4 aromatic rings. The fraction of sp³-hybridized carbons (Fsp3) is 0.353. The zero-order chi connectivity index (χ0) is 31.7. The number of likely N-dealkylation sites (tertiary alicyclic amines) is 1. The van der Waals surface area contributed by atoms with Gasteiger partial charge in [-0.05, 0) is 82.3 Å². The Morgan fingerprint density at radius 1 is 1.16 bits per heavy atom. The van der Waals surface area contributed by atoms with Gasteiger partial charge in [0.25, 0.3) is 5.91 Å². The van der Waals surface area contributed by atoms with Crippen molar-refractivity contribution in [3.8, 4) is 23.3 Å². The van der Waals surface area contributed by atoms with Gasteiger partial charge in [0.05, 0.1) is 36.5 Å². The summed E-state index contributed by atoms with van der Waals surface area (Å²) >= 11 is 0. The number of amides is 1. The standard InChI is InChI=1S/C34H37N7O4/c1-34(2,38(3)26-21-44-22-26)18-23(19-35)32(42)39-17-7-8-25(39)20-40-29-15-16-37-31(36)30(29)41(33(40)43)24-11-13-28(14-12-24)45-27-9-5-4-6-10-27/h4-6,9-16,18,25-26H,7-8,17,20-22H2,1-3H3,(H2,36,37). The number of carbonyl (C=O) groups excluding carboxylic acids is 1. The lowest BCUT2D eigenvalue weighted by molar-refractivity contribution is -0.127. The maximum Gasteiger partial charge on any atom is 0.333 e. The third kappa shape index (κ3) is 5.82. The molecule has 11 heteroatoms. The molecule has 1 amide bonds. The first-order valence-corrected chi connectivity index (χ1v) is 15.1. The second kappa shape index (κ2) is 12.2. The van der Waals surface area contributed by atoms with Gasteiger partial charge in [-0.15, -0.1) is 0 Å².